The van der Waals surface area contributed by atoms with Crippen molar-refractivity contribution < 1.29 is 19.4 Å². The van der Waals surface area contributed by atoms with Crippen LogP contribution in [0.5, 0.6) is 0 Å². The molecule has 0 aliphatic heterocycles. The van der Waals surface area contributed by atoms with Crippen molar-refractivity contribution in [3.05, 3.63) is 33.8 Å². The maximum absolute atomic E-state index is 11.8. The average molecular weight is 320 g/mol. The fraction of sp³-hybridized carbons (Fsp3) is 0.385. The Hall–Kier alpha value is -1.30. The van der Waals surface area contributed by atoms with E-state index >= 15 is 0 Å². The van der Waals surface area contributed by atoms with E-state index in [-0.39, 0.29) is 25.3 Å². The fourth-order valence-electron chi connectivity index (χ4n) is 1.56. The van der Waals surface area contributed by atoms with E-state index in [9.17, 15) is 9.59 Å². The maximum Gasteiger partial charge on any atom is 0.306 e. The molecule has 0 saturated carbocycles. The van der Waals surface area contributed by atoms with Crippen LogP contribution in [-0.4, -0.2) is 36.7 Å². The number of rotatable bonds is 7. The highest BCUT2D eigenvalue weighted by Gasteiger charge is 2.14. The van der Waals surface area contributed by atoms with Crippen LogP contribution in [0, 0.1) is 0 Å². The summed E-state index contributed by atoms with van der Waals surface area (Å²) in [5.74, 6) is -1.24. The number of ether oxygens (including phenoxy) is 1. The minimum absolute atomic E-state index is 0.0967. The van der Waals surface area contributed by atoms with Gasteiger partial charge in [-0.15, -0.1) is 0 Å². The summed E-state index contributed by atoms with van der Waals surface area (Å²) in [4.78, 5) is 22.3. The zero-order chi connectivity index (χ0) is 15.1. The van der Waals surface area contributed by atoms with Crippen molar-refractivity contribution in [2.45, 2.75) is 18.9 Å². The summed E-state index contributed by atoms with van der Waals surface area (Å²) in [6.45, 7) is 0.132. The number of carboxylic acid groups (broad SMARTS) is 1. The van der Waals surface area contributed by atoms with Crippen molar-refractivity contribution in [3.63, 3.8) is 0 Å². The Balaban J connectivity index is 2.49. The lowest BCUT2D eigenvalue weighted by molar-refractivity contribution is -0.140. The molecule has 1 amide bonds. The summed E-state index contributed by atoms with van der Waals surface area (Å²) in [7, 11) is 1.40. The quantitative estimate of drug-likeness (QED) is 0.807. The van der Waals surface area contributed by atoms with Crippen LogP contribution in [0.15, 0.2) is 18.2 Å². The molecule has 0 bridgehead atoms. The van der Waals surface area contributed by atoms with E-state index in [1.54, 1.807) is 18.2 Å². The molecule has 0 fully saturated rings. The van der Waals surface area contributed by atoms with Crippen LogP contribution < -0.4 is 5.32 Å². The van der Waals surface area contributed by atoms with Crippen LogP contribution in [-0.2, 0) is 20.7 Å². The summed E-state index contributed by atoms with van der Waals surface area (Å²) in [6.07, 6.45) is -0.630. The van der Waals surface area contributed by atoms with Crippen LogP contribution in [0.25, 0.3) is 0 Å². The van der Waals surface area contributed by atoms with Crippen molar-refractivity contribution in [2.75, 3.05) is 13.7 Å². The maximum atomic E-state index is 11.8. The second kappa shape index (κ2) is 8.09. The van der Waals surface area contributed by atoms with Crippen LogP contribution in [0.4, 0.5) is 0 Å². The number of benzene rings is 1. The lowest BCUT2D eigenvalue weighted by Crippen LogP contribution is -2.35. The van der Waals surface area contributed by atoms with Crippen LogP contribution in [0.1, 0.15) is 12.0 Å². The minimum atomic E-state index is -0.980. The SMILES string of the molecule is COC(CNC(=O)Cc1ccc(Cl)cc1Cl)CC(=O)O. The largest absolute Gasteiger partial charge is 0.481 e. The summed E-state index contributed by atoms with van der Waals surface area (Å²) in [5.41, 5.74) is 0.653. The van der Waals surface area contributed by atoms with Crippen molar-refractivity contribution in [1.29, 1.82) is 0 Å². The standard InChI is InChI=1S/C13H15Cl2NO4/c1-20-10(6-13(18)19)7-16-12(17)4-8-2-3-9(14)5-11(8)15/h2-3,5,10H,4,6-7H2,1H3,(H,16,17)(H,18,19). The molecule has 1 unspecified atom stereocenters. The summed E-state index contributed by atoms with van der Waals surface area (Å²) >= 11 is 11.7. The van der Waals surface area contributed by atoms with Gasteiger partial charge < -0.3 is 15.2 Å². The molecule has 2 N–H and O–H groups in total. The Labute approximate surface area is 126 Å². The Morgan fingerprint density at radius 2 is 2.10 bits per heavy atom. The smallest absolute Gasteiger partial charge is 0.306 e. The molecule has 0 aromatic heterocycles. The number of hydrogen-bond acceptors (Lipinski definition) is 3. The van der Waals surface area contributed by atoms with Gasteiger partial charge in [-0.2, -0.15) is 0 Å². The van der Waals surface area contributed by atoms with Gasteiger partial charge in [0.05, 0.1) is 18.9 Å². The molecule has 1 atom stereocenters. The highest BCUT2D eigenvalue weighted by molar-refractivity contribution is 6.35. The van der Waals surface area contributed by atoms with E-state index in [1.807, 2.05) is 0 Å². The first-order chi connectivity index (χ1) is 9.42. The average Bonchev–Trinajstić information content (AvgIpc) is 2.37. The molecule has 0 heterocycles. The van der Waals surface area contributed by atoms with Gasteiger partial charge in [-0.05, 0) is 17.7 Å². The monoisotopic (exact) mass is 319 g/mol. The number of nitrogens with one attached hydrogen (secondary N) is 1. The second-order valence-electron chi connectivity index (χ2n) is 4.17. The second-order valence-corrected chi connectivity index (χ2v) is 5.02. The number of carbonyl (C=O) groups is 2. The third-order valence-electron chi connectivity index (χ3n) is 2.63. The molecular weight excluding hydrogens is 305 g/mol. The first kappa shape index (κ1) is 16.8. The van der Waals surface area contributed by atoms with Crippen LogP contribution in [0.2, 0.25) is 10.0 Å². The molecular formula is C13H15Cl2NO4. The molecule has 1 aromatic carbocycles. The molecule has 5 nitrogen and oxygen atoms in total. The van der Waals surface area contributed by atoms with Crippen molar-refractivity contribution >= 4 is 35.1 Å². The van der Waals surface area contributed by atoms with Crippen molar-refractivity contribution in [3.8, 4) is 0 Å². The van der Waals surface area contributed by atoms with E-state index in [1.165, 1.54) is 7.11 Å². The van der Waals surface area contributed by atoms with Gasteiger partial charge in [-0.3, -0.25) is 9.59 Å². The van der Waals surface area contributed by atoms with Gasteiger partial charge in [0.15, 0.2) is 0 Å². The first-order valence-corrected chi connectivity index (χ1v) is 6.63. The van der Waals surface area contributed by atoms with Gasteiger partial charge in [-0.1, -0.05) is 29.3 Å². The molecule has 0 aliphatic carbocycles. The summed E-state index contributed by atoms with van der Waals surface area (Å²) in [5, 5.41) is 12.2. The van der Waals surface area contributed by atoms with E-state index in [0.717, 1.165) is 0 Å². The van der Waals surface area contributed by atoms with Gasteiger partial charge in [0, 0.05) is 23.7 Å². The van der Waals surface area contributed by atoms with E-state index in [2.05, 4.69) is 5.32 Å². The molecule has 0 saturated heterocycles. The molecule has 0 spiro atoms. The molecule has 1 aromatic rings. The normalized spacial score (nSPS) is 11.9. The lowest BCUT2D eigenvalue weighted by atomic mass is 10.1. The van der Waals surface area contributed by atoms with E-state index < -0.39 is 12.1 Å². The topological polar surface area (TPSA) is 75.6 Å². The number of methoxy groups -OCH3 is 1. The van der Waals surface area contributed by atoms with Crippen molar-refractivity contribution in [1.82, 2.24) is 5.32 Å². The van der Waals surface area contributed by atoms with Gasteiger partial charge in [0.2, 0.25) is 5.91 Å². The highest BCUT2D eigenvalue weighted by atomic mass is 35.5. The number of carbonyl (C=O) groups excluding carboxylic acids is 1. The Morgan fingerprint density at radius 1 is 1.40 bits per heavy atom. The first-order valence-electron chi connectivity index (χ1n) is 5.87. The summed E-state index contributed by atoms with van der Waals surface area (Å²) in [6, 6.07) is 4.89. The fourth-order valence-corrected chi connectivity index (χ4v) is 2.04. The Kier molecular flexibility index (Phi) is 6.78. The molecule has 1 rings (SSSR count). The predicted molar refractivity (Wildman–Crippen MR) is 76.2 cm³/mol. The number of hydrogen-bond donors (Lipinski definition) is 2. The predicted octanol–water partition coefficient (Wildman–Crippen LogP) is 2.14. The lowest BCUT2D eigenvalue weighted by Gasteiger charge is -2.14. The zero-order valence-corrected chi connectivity index (χ0v) is 12.4. The van der Waals surface area contributed by atoms with E-state index in [0.29, 0.717) is 15.6 Å². The minimum Gasteiger partial charge on any atom is -0.481 e. The molecule has 0 aliphatic rings. The zero-order valence-electron chi connectivity index (χ0n) is 10.9. The van der Waals surface area contributed by atoms with Crippen LogP contribution >= 0.6 is 23.2 Å². The Bertz CT molecular complexity index is 493. The van der Waals surface area contributed by atoms with Gasteiger partial charge >= 0.3 is 5.97 Å². The van der Waals surface area contributed by atoms with Gasteiger partial charge in [0.25, 0.3) is 0 Å². The molecule has 20 heavy (non-hydrogen) atoms. The highest BCUT2D eigenvalue weighted by Crippen LogP contribution is 2.21. The number of carboxylic acids is 1. The number of halogens is 2. The Morgan fingerprint density at radius 3 is 2.65 bits per heavy atom. The van der Waals surface area contributed by atoms with Gasteiger partial charge in [0.1, 0.15) is 0 Å². The van der Waals surface area contributed by atoms with Crippen LogP contribution in [0.3, 0.4) is 0 Å². The summed E-state index contributed by atoms with van der Waals surface area (Å²) < 4.78 is 4.96. The molecule has 110 valence electrons. The molecule has 0 radical (unpaired) electrons. The van der Waals surface area contributed by atoms with Gasteiger partial charge in [-0.25, -0.2) is 0 Å². The van der Waals surface area contributed by atoms with Crippen molar-refractivity contribution in [2.24, 2.45) is 0 Å². The third kappa shape index (κ3) is 5.77. The number of amides is 1. The third-order valence-corrected chi connectivity index (χ3v) is 3.22. The molecule has 7 heteroatoms. The van der Waals surface area contributed by atoms with E-state index in [4.69, 9.17) is 33.0 Å². The number of aliphatic carboxylic acids is 1.